The monoisotopic (exact) mass is 426 g/mol. The molecule has 2 aromatic rings. The Morgan fingerprint density at radius 1 is 1.13 bits per heavy atom. The van der Waals surface area contributed by atoms with Gasteiger partial charge in [0.25, 0.3) is 5.91 Å². The van der Waals surface area contributed by atoms with E-state index in [4.69, 9.17) is 9.47 Å². The molecule has 0 unspecified atom stereocenters. The van der Waals surface area contributed by atoms with Crippen molar-refractivity contribution in [3.63, 3.8) is 0 Å². The van der Waals surface area contributed by atoms with Crippen LogP contribution in [0.5, 0.6) is 5.75 Å². The lowest BCUT2D eigenvalue weighted by Crippen LogP contribution is -2.50. The largest absolute Gasteiger partial charge is 0.484 e. The number of carbonyl (C=O) groups excluding carboxylic acids is 2. The summed E-state index contributed by atoms with van der Waals surface area (Å²) in [5.41, 5.74) is 0.895. The van der Waals surface area contributed by atoms with Crippen molar-refractivity contribution in [3.05, 3.63) is 54.2 Å². The van der Waals surface area contributed by atoms with E-state index in [0.29, 0.717) is 25.5 Å². The Labute approximate surface area is 182 Å². The number of morpholine rings is 1. The van der Waals surface area contributed by atoms with Crippen LogP contribution in [0.15, 0.2) is 48.7 Å². The van der Waals surface area contributed by atoms with Crippen molar-refractivity contribution in [2.45, 2.75) is 26.4 Å². The first-order valence-electron chi connectivity index (χ1n) is 10.6. The number of ether oxygens (including phenoxy) is 2. The predicted octanol–water partition coefficient (Wildman–Crippen LogP) is 1.75. The summed E-state index contributed by atoms with van der Waals surface area (Å²) in [6.07, 6.45) is 1.77. The zero-order valence-corrected chi connectivity index (χ0v) is 18.0. The zero-order valence-electron chi connectivity index (χ0n) is 18.0. The normalized spacial score (nSPS) is 14.7. The van der Waals surface area contributed by atoms with Crippen molar-refractivity contribution in [1.29, 1.82) is 0 Å². The molecule has 166 valence electrons. The molecule has 2 N–H and O–H groups in total. The number of para-hydroxylation sites is 1. The number of hydrogen-bond acceptors (Lipinski definition) is 6. The Bertz CT molecular complexity index is 836. The third-order valence-corrected chi connectivity index (χ3v) is 4.99. The van der Waals surface area contributed by atoms with E-state index in [-0.39, 0.29) is 24.3 Å². The fourth-order valence-electron chi connectivity index (χ4n) is 3.22. The molecule has 2 amide bonds. The Morgan fingerprint density at radius 2 is 1.87 bits per heavy atom. The smallest absolute Gasteiger partial charge is 0.258 e. The standard InChI is InChI=1S/C23H30N4O4/c1-17(2)22(26-21(28)16-31-19-6-4-3-5-7-19)23(29)25-15-18-8-9-20(24-14-18)27-10-12-30-13-11-27/h3-9,14,17,22H,10-13,15-16H2,1-2H3,(H,25,29)(H,26,28)/t22-/m0/s1. The second-order valence-electron chi connectivity index (χ2n) is 7.73. The molecule has 8 nitrogen and oxygen atoms in total. The van der Waals surface area contributed by atoms with Gasteiger partial charge >= 0.3 is 0 Å². The Kier molecular flexibility index (Phi) is 8.23. The van der Waals surface area contributed by atoms with Crippen molar-refractivity contribution < 1.29 is 19.1 Å². The van der Waals surface area contributed by atoms with Crippen molar-refractivity contribution in [3.8, 4) is 5.75 Å². The van der Waals surface area contributed by atoms with Gasteiger partial charge < -0.3 is 25.0 Å². The molecule has 0 spiro atoms. The second-order valence-corrected chi connectivity index (χ2v) is 7.73. The summed E-state index contributed by atoms with van der Waals surface area (Å²) >= 11 is 0. The summed E-state index contributed by atoms with van der Waals surface area (Å²) in [6.45, 7) is 7.04. The Morgan fingerprint density at radius 3 is 2.52 bits per heavy atom. The van der Waals surface area contributed by atoms with Crippen molar-refractivity contribution in [2.24, 2.45) is 5.92 Å². The lowest BCUT2D eigenvalue weighted by molar-refractivity contribution is -0.131. The number of carbonyl (C=O) groups is 2. The lowest BCUT2D eigenvalue weighted by atomic mass is 10.0. The first-order valence-corrected chi connectivity index (χ1v) is 10.6. The first kappa shape index (κ1) is 22.6. The first-order chi connectivity index (χ1) is 15.0. The number of amides is 2. The van der Waals surface area contributed by atoms with Crippen LogP contribution in [0.1, 0.15) is 19.4 Å². The van der Waals surface area contributed by atoms with E-state index in [9.17, 15) is 9.59 Å². The molecule has 31 heavy (non-hydrogen) atoms. The van der Waals surface area contributed by atoms with Crippen molar-refractivity contribution in [2.75, 3.05) is 37.8 Å². The number of pyridine rings is 1. The summed E-state index contributed by atoms with van der Waals surface area (Å²) in [5, 5.41) is 5.66. The third-order valence-electron chi connectivity index (χ3n) is 4.99. The fraction of sp³-hybridized carbons (Fsp3) is 0.435. The molecular formula is C23H30N4O4. The molecule has 0 aliphatic carbocycles. The highest BCUT2D eigenvalue weighted by atomic mass is 16.5. The van der Waals surface area contributed by atoms with Crippen LogP contribution in [0.4, 0.5) is 5.82 Å². The van der Waals surface area contributed by atoms with Gasteiger partial charge in [-0.15, -0.1) is 0 Å². The fourth-order valence-corrected chi connectivity index (χ4v) is 3.22. The molecule has 3 rings (SSSR count). The van der Waals surface area contributed by atoms with Crippen molar-refractivity contribution >= 4 is 17.6 Å². The van der Waals surface area contributed by atoms with E-state index in [1.54, 1.807) is 18.3 Å². The van der Waals surface area contributed by atoms with E-state index in [2.05, 4.69) is 20.5 Å². The average molecular weight is 427 g/mol. The number of aromatic nitrogens is 1. The topological polar surface area (TPSA) is 92.8 Å². The number of hydrogen-bond donors (Lipinski definition) is 2. The lowest BCUT2D eigenvalue weighted by Gasteiger charge is -2.27. The number of nitrogens with one attached hydrogen (secondary N) is 2. The van der Waals surface area contributed by atoms with Gasteiger partial charge in [0.15, 0.2) is 6.61 Å². The van der Waals surface area contributed by atoms with Crippen molar-refractivity contribution in [1.82, 2.24) is 15.6 Å². The highest BCUT2D eigenvalue weighted by Gasteiger charge is 2.24. The van der Waals surface area contributed by atoms with Gasteiger partial charge in [0.1, 0.15) is 17.6 Å². The van der Waals surface area contributed by atoms with Crippen LogP contribution in [-0.4, -0.2) is 55.8 Å². The number of nitrogens with zero attached hydrogens (tertiary/aromatic N) is 2. The highest BCUT2D eigenvalue weighted by Crippen LogP contribution is 2.13. The Hall–Kier alpha value is -3.13. The van der Waals surface area contributed by atoms with E-state index < -0.39 is 6.04 Å². The summed E-state index contributed by atoms with van der Waals surface area (Å²) in [4.78, 5) is 31.6. The van der Waals surface area contributed by atoms with Gasteiger partial charge in [0, 0.05) is 25.8 Å². The summed E-state index contributed by atoms with van der Waals surface area (Å²) in [7, 11) is 0. The molecule has 1 atom stereocenters. The van der Waals surface area contributed by atoms with E-state index in [1.807, 2.05) is 44.2 Å². The van der Waals surface area contributed by atoms with E-state index in [0.717, 1.165) is 24.5 Å². The summed E-state index contributed by atoms with van der Waals surface area (Å²) < 4.78 is 10.8. The van der Waals surface area contributed by atoms with E-state index in [1.165, 1.54) is 0 Å². The molecule has 0 radical (unpaired) electrons. The average Bonchev–Trinajstić information content (AvgIpc) is 2.81. The third kappa shape index (κ3) is 6.96. The van der Waals surface area contributed by atoms with Crippen LogP contribution >= 0.6 is 0 Å². The van der Waals surface area contributed by atoms with Gasteiger partial charge in [-0.05, 0) is 29.7 Å². The van der Waals surface area contributed by atoms with Gasteiger partial charge in [-0.1, -0.05) is 38.1 Å². The van der Waals surface area contributed by atoms with Gasteiger partial charge in [0.2, 0.25) is 5.91 Å². The molecule has 0 saturated carbocycles. The molecule has 1 aromatic carbocycles. The van der Waals surface area contributed by atoms with Crippen LogP contribution in [0.25, 0.3) is 0 Å². The maximum Gasteiger partial charge on any atom is 0.258 e. The number of benzene rings is 1. The Balaban J connectivity index is 1.47. The van der Waals surface area contributed by atoms with Crippen LogP contribution in [0.3, 0.4) is 0 Å². The molecule has 1 saturated heterocycles. The summed E-state index contributed by atoms with van der Waals surface area (Å²) in [5.74, 6) is 0.873. The maximum absolute atomic E-state index is 12.7. The molecule has 0 bridgehead atoms. The minimum atomic E-state index is -0.646. The van der Waals surface area contributed by atoms with Gasteiger partial charge in [-0.25, -0.2) is 4.98 Å². The molecule has 1 aromatic heterocycles. The van der Waals surface area contributed by atoms with Crippen LogP contribution in [0.2, 0.25) is 0 Å². The molecule has 2 heterocycles. The molecule has 1 aliphatic rings. The minimum absolute atomic E-state index is 0.0671. The van der Waals surface area contributed by atoms with E-state index >= 15 is 0 Å². The van der Waals surface area contributed by atoms with Gasteiger partial charge in [0.05, 0.1) is 13.2 Å². The molecule has 8 heteroatoms. The van der Waals surface area contributed by atoms with Gasteiger partial charge in [-0.3, -0.25) is 9.59 Å². The van der Waals surface area contributed by atoms with Gasteiger partial charge in [-0.2, -0.15) is 0 Å². The number of rotatable bonds is 9. The molecular weight excluding hydrogens is 396 g/mol. The minimum Gasteiger partial charge on any atom is -0.484 e. The SMILES string of the molecule is CC(C)[C@H](NC(=O)COc1ccccc1)C(=O)NCc1ccc(N2CCOCC2)nc1. The molecule has 1 aliphatic heterocycles. The molecule has 1 fully saturated rings. The quantitative estimate of drug-likeness (QED) is 0.635. The zero-order chi connectivity index (χ0) is 22.1. The van der Waals surface area contributed by atoms with Crippen LogP contribution in [-0.2, 0) is 20.9 Å². The second kappa shape index (κ2) is 11.3. The van der Waals surface area contributed by atoms with Crippen LogP contribution in [0, 0.1) is 5.92 Å². The highest BCUT2D eigenvalue weighted by molar-refractivity contribution is 5.88. The maximum atomic E-state index is 12.7. The number of anilines is 1. The van der Waals surface area contributed by atoms with Crippen LogP contribution < -0.4 is 20.3 Å². The summed E-state index contributed by atoms with van der Waals surface area (Å²) in [6, 6.07) is 12.4. The predicted molar refractivity (Wildman–Crippen MR) is 118 cm³/mol.